The molecule has 0 bridgehead atoms. The summed E-state index contributed by atoms with van der Waals surface area (Å²) in [5, 5.41) is 32.6. The van der Waals surface area contributed by atoms with Crippen molar-refractivity contribution in [3.05, 3.63) is 102 Å². The molecule has 9 nitrogen and oxygen atoms in total. The van der Waals surface area contributed by atoms with Gasteiger partial charge in [-0.05, 0) is 73.0 Å². The number of carbonyl (C=O) groups excluding carboxylic acids is 1. The van der Waals surface area contributed by atoms with Crippen molar-refractivity contribution in [3.8, 4) is 5.75 Å². The van der Waals surface area contributed by atoms with Gasteiger partial charge in [-0.2, -0.15) is 0 Å². The van der Waals surface area contributed by atoms with E-state index in [0.717, 1.165) is 36.3 Å². The Bertz CT molecular complexity index is 1580. The number of ether oxygens (including phenoxy) is 2. The molecule has 0 saturated carbocycles. The smallest absolute Gasteiger partial charge is 0.252 e. The number of amides is 1. The predicted octanol–water partition coefficient (Wildman–Crippen LogP) is 5.14. The minimum Gasteiger partial charge on any atom is -0.497 e. The van der Waals surface area contributed by atoms with E-state index in [2.05, 4.69) is 59.9 Å². The highest BCUT2D eigenvalue weighted by molar-refractivity contribution is 6.91. The number of rotatable bonds is 14. The lowest BCUT2D eigenvalue weighted by atomic mass is 9.95. The highest BCUT2D eigenvalue weighted by Gasteiger charge is 2.50. The van der Waals surface area contributed by atoms with Crippen LogP contribution in [0.4, 0.5) is 5.69 Å². The van der Waals surface area contributed by atoms with Crippen LogP contribution in [0.5, 0.6) is 5.75 Å². The van der Waals surface area contributed by atoms with Crippen molar-refractivity contribution in [1.82, 2.24) is 15.0 Å². The first kappa shape index (κ1) is 34.5. The molecule has 47 heavy (non-hydrogen) atoms. The molecule has 0 aliphatic carbocycles. The van der Waals surface area contributed by atoms with Gasteiger partial charge < -0.3 is 25.0 Å². The fourth-order valence-corrected chi connectivity index (χ4v) is 11.2. The lowest BCUT2D eigenvalue weighted by molar-refractivity contribution is -0.123. The number of nitrogens with one attached hydrogen (secondary N) is 1. The van der Waals surface area contributed by atoms with Crippen molar-refractivity contribution in [2.24, 2.45) is 5.92 Å². The number of hydrogen-bond donors (Lipinski definition) is 3. The molecule has 4 aromatic rings. The normalized spacial score (nSPS) is 20.9. The molecule has 250 valence electrons. The summed E-state index contributed by atoms with van der Waals surface area (Å²) < 4.78 is 14.3. The number of methoxy groups -OCH3 is 1. The van der Waals surface area contributed by atoms with Gasteiger partial charge in [-0.15, -0.1) is 5.10 Å². The number of anilines is 1. The summed E-state index contributed by atoms with van der Waals surface area (Å²) in [5.41, 5.74) is 4.01. The average Bonchev–Trinajstić information content (AvgIpc) is 3.68. The van der Waals surface area contributed by atoms with E-state index < -0.39 is 20.1 Å². The van der Waals surface area contributed by atoms with Crippen LogP contribution in [0, 0.1) is 5.92 Å². The highest BCUT2D eigenvalue weighted by Crippen LogP contribution is 2.46. The Morgan fingerprint density at radius 2 is 1.72 bits per heavy atom. The van der Waals surface area contributed by atoms with Gasteiger partial charge >= 0.3 is 0 Å². The second-order valence-electron chi connectivity index (χ2n) is 13.3. The SMILES string of the molecule is COc1ccc([Si](C)(C)[C@@H]2[C@@H](C)[C@@H](CCc3ccc(NC(=O)[C@H](C)O)cc3)O[C@H]2CCn2cc(C(CO)c3ccccc3)nn2)cc1. The number of carbonyl (C=O) groups is 1. The number of nitrogens with zero attached hydrogens (tertiary/aromatic N) is 3. The summed E-state index contributed by atoms with van der Waals surface area (Å²) in [5.74, 6) is 0.586. The number of benzene rings is 3. The molecule has 1 saturated heterocycles. The van der Waals surface area contributed by atoms with E-state index >= 15 is 0 Å². The fourth-order valence-electron chi connectivity index (χ4n) is 7.12. The Morgan fingerprint density at radius 3 is 2.36 bits per heavy atom. The Balaban J connectivity index is 1.31. The van der Waals surface area contributed by atoms with Gasteiger partial charge in [0.2, 0.25) is 0 Å². The van der Waals surface area contributed by atoms with Crippen LogP contribution in [0.1, 0.15) is 49.4 Å². The first-order valence-electron chi connectivity index (χ1n) is 16.5. The average molecular weight is 657 g/mol. The molecular formula is C37H48N4O5Si. The molecule has 6 atom stereocenters. The van der Waals surface area contributed by atoms with E-state index in [1.165, 1.54) is 17.7 Å². The summed E-state index contributed by atoms with van der Waals surface area (Å²) in [6.45, 7) is 9.35. The van der Waals surface area contributed by atoms with E-state index in [1.54, 1.807) is 7.11 Å². The summed E-state index contributed by atoms with van der Waals surface area (Å²) >= 11 is 0. The highest BCUT2D eigenvalue weighted by atomic mass is 28.3. The zero-order valence-corrected chi connectivity index (χ0v) is 29.0. The van der Waals surface area contributed by atoms with Crippen molar-refractivity contribution >= 4 is 24.9 Å². The summed E-state index contributed by atoms with van der Waals surface area (Å²) in [6.07, 6.45) is 3.63. The molecule has 0 spiro atoms. The Kier molecular flexibility index (Phi) is 11.3. The van der Waals surface area contributed by atoms with Crippen molar-refractivity contribution in [2.75, 3.05) is 19.0 Å². The van der Waals surface area contributed by atoms with Crippen LogP contribution < -0.4 is 15.2 Å². The van der Waals surface area contributed by atoms with Crippen molar-refractivity contribution < 1.29 is 24.5 Å². The van der Waals surface area contributed by atoms with Crippen LogP contribution in [0.3, 0.4) is 0 Å². The van der Waals surface area contributed by atoms with Crippen LogP contribution in [-0.2, 0) is 22.5 Å². The maximum Gasteiger partial charge on any atom is 0.252 e. The lowest BCUT2D eigenvalue weighted by Crippen LogP contribution is -2.50. The molecule has 3 aromatic carbocycles. The van der Waals surface area contributed by atoms with Gasteiger partial charge in [0.1, 0.15) is 11.9 Å². The summed E-state index contributed by atoms with van der Waals surface area (Å²) in [6, 6.07) is 26.3. The summed E-state index contributed by atoms with van der Waals surface area (Å²) in [7, 11) is -0.314. The van der Waals surface area contributed by atoms with Crippen LogP contribution in [0.2, 0.25) is 18.6 Å². The second-order valence-corrected chi connectivity index (χ2v) is 18.0. The molecule has 10 heteroatoms. The Hall–Kier alpha value is -3.83. The molecule has 1 amide bonds. The molecule has 1 aliphatic rings. The summed E-state index contributed by atoms with van der Waals surface area (Å²) in [4.78, 5) is 11.9. The number of hydrogen-bond acceptors (Lipinski definition) is 7. The maximum absolute atomic E-state index is 11.9. The maximum atomic E-state index is 11.9. The minimum absolute atomic E-state index is 0.0312. The zero-order chi connectivity index (χ0) is 33.6. The third kappa shape index (κ3) is 8.19. The standard InChI is InChI=1S/C37H48N4O5Si/c1-25-34(20-13-27-11-14-29(15-12-27)38-37(44)26(2)43)46-35(36(25)47(4,5)31-18-16-30(45-3)17-19-31)21-22-41-23-33(39-40-41)32(24-42)28-9-7-6-8-10-28/h6-12,14-19,23,25-26,32,34-36,42-43H,13,20-22,24H2,1-5H3,(H,38,44)/t25-,26-,32?,34+,35-,36+/m0/s1. The lowest BCUT2D eigenvalue weighted by Gasteiger charge is -2.36. The van der Waals surface area contributed by atoms with E-state index in [0.29, 0.717) is 23.7 Å². The van der Waals surface area contributed by atoms with E-state index in [-0.39, 0.29) is 24.7 Å². The first-order valence-corrected chi connectivity index (χ1v) is 19.6. The first-order chi connectivity index (χ1) is 22.6. The van der Waals surface area contributed by atoms with Gasteiger partial charge in [-0.1, -0.05) is 85.0 Å². The molecule has 0 radical (unpaired) electrons. The van der Waals surface area contributed by atoms with Crippen molar-refractivity contribution in [3.63, 3.8) is 0 Å². The largest absolute Gasteiger partial charge is 0.497 e. The third-order valence-electron chi connectivity index (χ3n) is 9.83. The van der Waals surface area contributed by atoms with Crippen LogP contribution in [-0.4, -0.2) is 71.2 Å². The molecule has 3 N–H and O–H groups in total. The van der Waals surface area contributed by atoms with E-state index in [1.807, 2.05) is 65.5 Å². The van der Waals surface area contributed by atoms with Crippen molar-refractivity contribution in [1.29, 1.82) is 0 Å². The quantitative estimate of drug-likeness (QED) is 0.161. The third-order valence-corrected chi connectivity index (χ3v) is 14.2. The molecule has 1 aromatic heterocycles. The Morgan fingerprint density at radius 1 is 1.02 bits per heavy atom. The molecule has 2 heterocycles. The van der Waals surface area contributed by atoms with Crippen LogP contribution >= 0.6 is 0 Å². The van der Waals surface area contributed by atoms with Gasteiger partial charge in [-0.25, -0.2) is 0 Å². The van der Waals surface area contributed by atoms with Gasteiger partial charge in [0, 0.05) is 18.4 Å². The minimum atomic E-state index is -2.01. The molecule has 1 fully saturated rings. The topological polar surface area (TPSA) is 119 Å². The van der Waals surface area contributed by atoms with Gasteiger partial charge in [0.15, 0.2) is 0 Å². The molecule has 1 unspecified atom stereocenters. The zero-order valence-electron chi connectivity index (χ0n) is 28.0. The van der Waals surface area contributed by atoms with Crippen LogP contribution in [0.15, 0.2) is 85.1 Å². The second kappa shape index (κ2) is 15.4. The monoisotopic (exact) mass is 656 g/mol. The molecule has 1 aliphatic heterocycles. The van der Waals surface area contributed by atoms with Gasteiger partial charge in [-0.3, -0.25) is 9.48 Å². The van der Waals surface area contributed by atoms with E-state index in [9.17, 15) is 15.0 Å². The number of aliphatic hydroxyl groups excluding tert-OH is 2. The van der Waals surface area contributed by atoms with Gasteiger partial charge in [0.25, 0.3) is 5.91 Å². The number of aromatic nitrogens is 3. The van der Waals surface area contributed by atoms with E-state index in [4.69, 9.17) is 9.47 Å². The fraction of sp³-hybridized carbons (Fsp3) is 0.432. The van der Waals surface area contributed by atoms with Gasteiger partial charge in [0.05, 0.1) is 45.6 Å². The molecule has 5 rings (SSSR count). The molecular weight excluding hydrogens is 609 g/mol. The Labute approximate surface area is 279 Å². The number of aryl methyl sites for hydroxylation is 2. The predicted molar refractivity (Wildman–Crippen MR) is 187 cm³/mol. The number of aliphatic hydroxyl groups is 2. The van der Waals surface area contributed by atoms with Crippen molar-refractivity contribution in [2.45, 2.75) is 82.5 Å². The van der Waals surface area contributed by atoms with Crippen LogP contribution in [0.25, 0.3) is 0 Å².